The summed E-state index contributed by atoms with van der Waals surface area (Å²) in [5.41, 5.74) is 3.68. The van der Waals surface area contributed by atoms with Crippen LogP contribution in [0.25, 0.3) is 0 Å². The molecule has 5 nitrogen and oxygen atoms in total. The van der Waals surface area contributed by atoms with Crippen molar-refractivity contribution in [2.75, 3.05) is 5.32 Å². The second-order valence-corrected chi connectivity index (χ2v) is 5.73. The topological polar surface area (TPSA) is 64.1 Å². The van der Waals surface area contributed by atoms with E-state index in [1.165, 1.54) is 17.5 Å². The molecule has 0 spiro atoms. The summed E-state index contributed by atoms with van der Waals surface area (Å²) in [4.78, 5) is 20.2. The Morgan fingerprint density at radius 1 is 1.26 bits per heavy atom. The van der Waals surface area contributed by atoms with Crippen molar-refractivity contribution in [1.29, 1.82) is 0 Å². The molecule has 0 aliphatic rings. The predicted octanol–water partition coefficient (Wildman–Crippen LogP) is 4.02. The molecule has 1 amide bonds. The minimum Gasteiger partial charge on any atom is -0.487 e. The van der Waals surface area contributed by atoms with Crippen molar-refractivity contribution >= 4 is 34.5 Å². The number of hydrogen-bond acceptors (Lipinski definition) is 5. The van der Waals surface area contributed by atoms with Gasteiger partial charge >= 0.3 is 0 Å². The van der Waals surface area contributed by atoms with Gasteiger partial charge in [0.05, 0.1) is 21.9 Å². The summed E-state index contributed by atoms with van der Waals surface area (Å²) >= 11 is 7.49. The largest absolute Gasteiger partial charge is 0.487 e. The lowest BCUT2D eigenvalue weighted by Gasteiger charge is -2.08. The van der Waals surface area contributed by atoms with E-state index in [0.29, 0.717) is 28.6 Å². The Hall–Kier alpha value is -2.44. The molecule has 0 radical (unpaired) electrons. The van der Waals surface area contributed by atoms with Crippen LogP contribution < -0.4 is 10.1 Å². The monoisotopic (exact) mass is 345 g/mol. The Kier molecular flexibility index (Phi) is 4.85. The molecule has 0 saturated carbocycles. The van der Waals surface area contributed by atoms with Crippen LogP contribution in [0.2, 0.25) is 5.02 Å². The molecule has 1 aromatic carbocycles. The van der Waals surface area contributed by atoms with Gasteiger partial charge in [-0.15, -0.1) is 11.3 Å². The highest BCUT2D eigenvalue weighted by atomic mass is 35.5. The standard InChI is InChI=1S/C16H12ClN3O2S/c17-14-7-18-6-5-15(14)20-16(21)11-1-3-13(4-2-11)22-8-12-9-23-10-19-12/h1-7,9-10H,8H2,(H,18,20,21). The first kappa shape index (κ1) is 15.5. The zero-order valence-corrected chi connectivity index (χ0v) is 13.5. The third-order valence-corrected chi connectivity index (χ3v) is 3.94. The highest BCUT2D eigenvalue weighted by Crippen LogP contribution is 2.21. The Labute approximate surface area is 141 Å². The number of carbonyl (C=O) groups is 1. The second kappa shape index (κ2) is 7.21. The molecule has 116 valence electrons. The number of carbonyl (C=O) groups excluding carboxylic acids is 1. The number of thiazole rings is 1. The number of benzene rings is 1. The number of nitrogens with zero attached hydrogens (tertiary/aromatic N) is 2. The zero-order valence-electron chi connectivity index (χ0n) is 11.9. The van der Waals surface area contributed by atoms with Gasteiger partial charge in [0.15, 0.2) is 0 Å². The molecule has 0 aliphatic carbocycles. The molecule has 0 fully saturated rings. The maximum absolute atomic E-state index is 12.2. The molecule has 2 heterocycles. The van der Waals surface area contributed by atoms with Crippen molar-refractivity contribution in [3.05, 3.63) is 69.9 Å². The van der Waals surface area contributed by atoms with E-state index in [9.17, 15) is 4.79 Å². The van der Waals surface area contributed by atoms with Crippen LogP contribution in [-0.2, 0) is 6.61 Å². The fourth-order valence-corrected chi connectivity index (χ4v) is 2.55. The van der Waals surface area contributed by atoms with E-state index in [-0.39, 0.29) is 5.91 Å². The minimum atomic E-state index is -0.246. The predicted molar refractivity (Wildman–Crippen MR) is 90.1 cm³/mol. The number of rotatable bonds is 5. The van der Waals surface area contributed by atoms with Crippen LogP contribution in [0.5, 0.6) is 5.75 Å². The number of anilines is 1. The summed E-state index contributed by atoms with van der Waals surface area (Å²) in [6.45, 7) is 0.404. The maximum atomic E-state index is 12.2. The Morgan fingerprint density at radius 3 is 2.78 bits per heavy atom. The van der Waals surface area contributed by atoms with Crippen LogP contribution >= 0.6 is 22.9 Å². The van der Waals surface area contributed by atoms with Gasteiger partial charge < -0.3 is 10.1 Å². The van der Waals surface area contributed by atoms with E-state index in [0.717, 1.165) is 5.69 Å². The van der Waals surface area contributed by atoms with Gasteiger partial charge in [0.1, 0.15) is 12.4 Å². The molecule has 3 aromatic rings. The fourth-order valence-electron chi connectivity index (χ4n) is 1.84. The molecule has 0 saturated heterocycles. The van der Waals surface area contributed by atoms with Crippen molar-refractivity contribution in [1.82, 2.24) is 9.97 Å². The van der Waals surface area contributed by atoms with Crippen molar-refractivity contribution < 1.29 is 9.53 Å². The van der Waals surface area contributed by atoms with E-state index < -0.39 is 0 Å². The van der Waals surface area contributed by atoms with Crippen LogP contribution in [0.1, 0.15) is 16.1 Å². The maximum Gasteiger partial charge on any atom is 0.255 e. The summed E-state index contributed by atoms with van der Waals surface area (Å²) in [7, 11) is 0. The molecule has 0 unspecified atom stereocenters. The number of aromatic nitrogens is 2. The van der Waals surface area contributed by atoms with E-state index in [1.54, 1.807) is 42.0 Å². The fraction of sp³-hybridized carbons (Fsp3) is 0.0625. The van der Waals surface area contributed by atoms with Crippen LogP contribution in [-0.4, -0.2) is 15.9 Å². The van der Waals surface area contributed by atoms with E-state index in [2.05, 4.69) is 15.3 Å². The van der Waals surface area contributed by atoms with E-state index >= 15 is 0 Å². The highest BCUT2D eigenvalue weighted by molar-refractivity contribution is 7.07. The van der Waals surface area contributed by atoms with Crippen LogP contribution in [0.3, 0.4) is 0 Å². The molecule has 2 aromatic heterocycles. The summed E-state index contributed by atoms with van der Waals surface area (Å²) in [6, 6.07) is 8.53. The number of pyridine rings is 1. The Morgan fingerprint density at radius 2 is 2.09 bits per heavy atom. The smallest absolute Gasteiger partial charge is 0.255 e. The van der Waals surface area contributed by atoms with Crippen LogP contribution in [0, 0.1) is 0 Å². The average molecular weight is 346 g/mol. The number of hydrogen-bond donors (Lipinski definition) is 1. The molecular formula is C16H12ClN3O2S. The molecule has 7 heteroatoms. The normalized spacial score (nSPS) is 10.3. The molecule has 3 rings (SSSR count). The molecule has 23 heavy (non-hydrogen) atoms. The highest BCUT2D eigenvalue weighted by Gasteiger charge is 2.08. The Bertz CT molecular complexity index is 791. The van der Waals surface area contributed by atoms with Gasteiger partial charge in [-0.3, -0.25) is 9.78 Å². The lowest BCUT2D eigenvalue weighted by atomic mass is 10.2. The Balaban J connectivity index is 1.62. The van der Waals surface area contributed by atoms with Gasteiger partial charge in [0.25, 0.3) is 5.91 Å². The van der Waals surface area contributed by atoms with Crippen molar-refractivity contribution in [3.63, 3.8) is 0 Å². The van der Waals surface area contributed by atoms with Crippen molar-refractivity contribution in [3.8, 4) is 5.75 Å². The van der Waals surface area contributed by atoms with Gasteiger partial charge in [-0.05, 0) is 30.3 Å². The summed E-state index contributed by atoms with van der Waals surface area (Å²) in [5, 5.41) is 5.06. The van der Waals surface area contributed by atoms with E-state index in [1.807, 2.05) is 5.38 Å². The number of halogens is 1. The number of amides is 1. The first-order chi connectivity index (χ1) is 11.2. The average Bonchev–Trinajstić information content (AvgIpc) is 3.09. The number of ether oxygens (including phenoxy) is 1. The summed E-state index contributed by atoms with van der Waals surface area (Å²) in [5.74, 6) is 0.431. The molecule has 0 bridgehead atoms. The third kappa shape index (κ3) is 4.06. The lowest BCUT2D eigenvalue weighted by molar-refractivity contribution is 0.102. The lowest BCUT2D eigenvalue weighted by Crippen LogP contribution is -2.12. The molecular weight excluding hydrogens is 334 g/mol. The van der Waals surface area contributed by atoms with Gasteiger partial charge in [0.2, 0.25) is 0 Å². The van der Waals surface area contributed by atoms with Gasteiger partial charge in [0, 0.05) is 23.3 Å². The van der Waals surface area contributed by atoms with Crippen LogP contribution in [0.4, 0.5) is 5.69 Å². The zero-order chi connectivity index (χ0) is 16.1. The van der Waals surface area contributed by atoms with Gasteiger partial charge in [-0.25, -0.2) is 4.98 Å². The van der Waals surface area contributed by atoms with Crippen molar-refractivity contribution in [2.45, 2.75) is 6.61 Å². The van der Waals surface area contributed by atoms with E-state index in [4.69, 9.17) is 16.3 Å². The summed E-state index contributed by atoms with van der Waals surface area (Å²) in [6.07, 6.45) is 3.05. The molecule has 0 atom stereocenters. The molecule has 1 N–H and O–H groups in total. The number of nitrogens with one attached hydrogen (secondary N) is 1. The van der Waals surface area contributed by atoms with Crippen molar-refractivity contribution in [2.24, 2.45) is 0 Å². The van der Waals surface area contributed by atoms with Gasteiger partial charge in [-0.2, -0.15) is 0 Å². The second-order valence-electron chi connectivity index (χ2n) is 4.60. The first-order valence-corrected chi connectivity index (χ1v) is 8.05. The first-order valence-electron chi connectivity index (χ1n) is 6.73. The minimum absolute atomic E-state index is 0.246. The summed E-state index contributed by atoms with van der Waals surface area (Å²) < 4.78 is 5.61. The quantitative estimate of drug-likeness (QED) is 0.758. The van der Waals surface area contributed by atoms with Crippen LogP contribution in [0.15, 0.2) is 53.6 Å². The van der Waals surface area contributed by atoms with Gasteiger partial charge in [-0.1, -0.05) is 11.6 Å². The SMILES string of the molecule is O=C(Nc1ccncc1Cl)c1ccc(OCc2cscn2)cc1. The third-order valence-electron chi connectivity index (χ3n) is 3.01. The molecule has 0 aliphatic heterocycles.